The quantitative estimate of drug-likeness (QED) is 0.829. The van der Waals surface area contributed by atoms with Gasteiger partial charge in [0, 0.05) is 0 Å². The molecule has 2 aromatic rings. The minimum atomic E-state index is -0.676. The molecule has 1 atom stereocenters. The highest BCUT2D eigenvalue weighted by Crippen LogP contribution is 2.19. The van der Waals surface area contributed by atoms with Crippen molar-refractivity contribution in [2.45, 2.75) is 6.23 Å². The van der Waals surface area contributed by atoms with Gasteiger partial charge in [0.05, 0.1) is 12.5 Å². The van der Waals surface area contributed by atoms with Crippen LogP contribution in [0, 0.1) is 0 Å². The Labute approximate surface area is 102 Å². The summed E-state index contributed by atoms with van der Waals surface area (Å²) in [5, 5.41) is 0. The van der Waals surface area contributed by atoms with Crippen LogP contribution in [0.2, 0.25) is 0 Å². The molecule has 1 aliphatic rings. The number of imidazole rings is 1. The molecule has 2 aromatic heterocycles. The first-order valence-corrected chi connectivity index (χ1v) is 5.24. The van der Waals surface area contributed by atoms with Gasteiger partial charge in [-0.1, -0.05) is 6.08 Å². The molecule has 7 heteroatoms. The standard InChI is InChI=1S/C11H9N5O2/c12-9(17)10-13-5-7-11(15-10)16(6-14-7)8-3-1-2-4-18-8/h1-6,8H,(H2,12,17). The molecule has 0 radical (unpaired) electrons. The van der Waals surface area contributed by atoms with Crippen LogP contribution in [0.5, 0.6) is 0 Å². The van der Waals surface area contributed by atoms with Gasteiger partial charge >= 0.3 is 0 Å². The molecule has 0 bridgehead atoms. The number of nitrogens with zero attached hydrogens (tertiary/aromatic N) is 4. The summed E-state index contributed by atoms with van der Waals surface area (Å²) in [6.07, 6.45) is 9.75. The molecule has 2 N–H and O–H groups in total. The second-order valence-electron chi connectivity index (χ2n) is 3.66. The third-order valence-electron chi connectivity index (χ3n) is 2.49. The average molecular weight is 243 g/mol. The Morgan fingerprint density at radius 2 is 2.28 bits per heavy atom. The number of allylic oxidation sites excluding steroid dienone is 2. The maximum absolute atomic E-state index is 11.1. The van der Waals surface area contributed by atoms with E-state index in [1.54, 1.807) is 23.2 Å². The topological polar surface area (TPSA) is 95.9 Å². The van der Waals surface area contributed by atoms with Gasteiger partial charge in [-0.15, -0.1) is 0 Å². The van der Waals surface area contributed by atoms with Crippen LogP contribution >= 0.6 is 0 Å². The molecule has 1 unspecified atom stereocenters. The van der Waals surface area contributed by atoms with Crippen molar-refractivity contribution < 1.29 is 9.53 Å². The van der Waals surface area contributed by atoms with Crippen LogP contribution in [0.25, 0.3) is 11.2 Å². The van der Waals surface area contributed by atoms with Crippen LogP contribution < -0.4 is 5.73 Å². The smallest absolute Gasteiger partial charge is 0.286 e. The molecule has 90 valence electrons. The molecule has 7 nitrogen and oxygen atoms in total. The number of rotatable bonds is 2. The molecule has 0 saturated heterocycles. The van der Waals surface area contributed by atoms with Crippen LogP contribution in [0.4, 0.5) is 0 Å². The van der Waals surface area contributed by atoms with E-state index in [2.05, 4.69) is 15.0 Å². The molecular formula is C11H9N5O2. The van der Waals surface area contributed by atoms with E-state index in [0.717, 1.165) is 0 Å². The summed E-state index contributed by atoms with van der Waals surface area (Å²) < 4.78 is 7.11. The Kier molecular flexibility index (Phi) is 2.30. The third-order valence-corrected chi connectivity index (χ3v) is 2.49. The van der Waals surface area contributed by atoms with E-state index in [1.807, 2.05) is 12.2 Å². The predicted octanol–water partition coefficient (Wildman–Crippen LogP) is 0.524. The van der Waals surface area contributed by atoms with Crippen molar-refractivity contribution in [3.05, 3.63) is 42.8 Å². The molecule has 0 aliphatic carbocycles. The van der Waals surface area contributed by atoms with Gasteiger partial charge in [0.2, 0.25) is 5.82 Å². The maximum Gasteiger partial charge on any atom is 0.286 e. The van der Waals surface area contributed by atoms with Crippen molar-refractivity contribution in [2.24, 2.45) is 5.73 Å². The summed E-state index contributed by atoms with van der Waals surface area (Å²) >= 11 is 0. The fraction of sp³-hybridized carbons (Fsp3) is 0.0909. The largest absolute Gasteiger partial charge is 0.474 e. The Morgan fingerprint density at radius 3 is 3.00 bits per heavy atom. The highest BCUT2D eigenvalue weighted by Gasteiger charge is 2.15. The number of nitrogens with two attached hydrogens (primary N) is 1. The maximum atomic E-state index is 11.1. The Morgan fingerprint density at radius 1 is 1.39 bits per heavy atom. The molecule has 0 saturated carbocycles. The van der Waals surface area contributed by atoms with E-state index in [1.165, 1.54) is 6.20 Å². The van der Waals surface area contributed by atoms with E-state index in [-0.39, 0.29) is 12.1 Å². The number of fused-ring (bicyclic) bond motifs is 1. The Balaban J connectivity index is 2.12. The molecule has 1 aliphatic heterocycles. The normalized spacial score (nSPS) is 17.9. The van der Waals surface area contributed by atoms with Gasteiger partial charge in [0.25, 0.3) is 5.91 Å². The molecule has 0 aromatic carbocycles. The summed E-state index contributed by atoms with van der Waals surface area (Å²) in [6, 6.07) is 0. The summed E-state index contributed by atoms with van der Waals surface area (Å²) in [4.78, 5) is 23.1. The van der Waals surface area contributed by atoms with Crippen LogP contribution in [-0.2, 0) is 4.74 Å². The summed E-state index contributed by atoms with van der Waals surface area (Å²) in [5.74, 6) is -0.718. The lowest BCUT2D eigenvalue weighted by molar-refractivity contribution is 0.0990. The molecule has 0 spiro atoms. The highest BCUT2D eigenvalue weighted by molar-refractivity contribution is 5.90. The number of hydrogen-bond acceptors (Lipinski definition) is 5. The van der Waals surface area contributed by atoms with Crippen LogP contribution in [0.1, 0.15) is 16.8 Å². The fourth-order valence-corrected chi connectivity index (χ4v) is 1.67. The molecule has 1 amide bonds. The number of carbonyl (C=O) groups is 1. The second-order valence-corrected chi connectivity index (χ2v) is 3.66. The minimum Gasteiger partial charge on any atom is -0.474 e. The van der Waals surface area contributed by atoms with Crippen molar-refractivity contribution in [3.63, 3.8) is 0 Å². The first-order valence-electron chi connectivity index (χ1n) is 5.24. The fourth-order valence-electron chi connectivity index (χ4n) is 1.67. The number of hydrogen-bond donors (Lipinski definition) is 1. The van der Waals surface area contributed by atoms with E-state index in [4.69, 9.17) is 10.5 Å². The summed E-state index contributed by atoms with van der Waals surface area (Å²) in [5.41, 5.74) is 6.23. The number of carbonyl (C=O) groups excluding carboxylic acids is 1. The third kappa shape index (κ3) is 1.61. The van der Waals surface area contributed by atoms with E-state index >= 15 is 0 Å². The lowest BCUT2D eigenvalue weighted by atomic mass is 10.4. The minimum absolute atomic E-state index is 0.0421. The van der Waals surface area contributed by atoms with Gasteiger partial charge in [0.1, 0.15) is 11.8 Å². The molecule has 0 fully saturated rings. The van der Waals surface area contributed by atoms with Crippen molar-refractivity contribution in [3.8, 4) is 0 Å². The highest BCUT2D eigenvalue weighted by atomic mass is 16.5. The van der Waals surface area contributed by atoms with Crippen LogP contribution in [-0.4, -0.2) is 25.4 Å². The van der Waals surface area contributed by atoms with Gasteiger partial charge in [-0.3, -0.25) is 9.36 Å². The predicted molar refractivity (Wildman–Crippen MR) is 62.2 cm³/mol. The first kappa shape index (κ1) is 10.5. The van der Waals surface area contributed by atoms with Crippen LogP contribution in [0.15, 0.2) is 37.0 Å². The Hall–Kier alpha value is -2.70. The van der Waals surface area contributed by atoms with Crippen LogP contribution in [0.3, 0.4) is 0 Å². The van der Waals surface area contributed by atoms with Crippen molar-refractivity contribution in [1.82, 2.24) is 19.5 Å². The van der Waals surface area contributed by atoms with Gasteiger partial charge in [-0.2, -0.15) is 0 Å². The summed E-state index contributed by atoms with van der Waals surface area (Å²) in [7, 11) is 0. The van der Waals surface area contributed by atoms with Gasteiger partial charge < -0.3 is 10.5 Å². The number of aromatic nitrogens is 4. The lowest BCUT2D eigenvalue weighted by Gasteiger charge is -2.16. The summed E-state index contributed by atoms with van der Waals surface area (Å²) in [6.45, 7) is 0. The molecule has 3 heterocycles. The average Bonchev–Trinajstić information content (AvgIpc) is 2.82. The zero-order valence-corrected chi connectivity index (χ0v) is 9.22. The van der Waals surface area contributed by atoms with E-state index in [0.29, 0.717) is 11.2 Å². The Bertz CT molecular complexity index is 673. The monoisotopic (exact) mass is 243 g/mol. The molecule has 3 rings (SSSR count). The second kappa shape index (κ2) is 3.95. The number of ether oxygens (including phenoxy) is 1. The van der Waals surface area contributed by atoms with Crippen molar-refractivity contribution in [1.29, 1.82) is 0 Å². The van der Waals surface area contributed by atoms with Crippen molar-refractivity contribution >= 4 is 17.1 Å². The zero-order valence-electron chi connectivity index (χ0n) is 9.22. The van der Waals surface area contributed by atoms with Gasteiger partial charge in [-0.25, -0.2) is 15.0 Å². The lowest BCUT2D eigenvalue weighted by Crippen LogP contribution is -2.16. The number of primary amides is 1. The van der Waals surface area contributed by atoms with E-state index < -0.39 is 5.91 Å². The molecule has 18 heavy (non-hydrogen) atoms. The number of amides is 1. The van der Waals surface area contributed by atoms with Crippen molar-refractivity contribution in [2.75, 3.05) is 0 Å². The SMILES string of the molecule is NC(=O)c1ncc2ncn(C3C=CC=CO3)c2n1. The zero-order chi connectivity index (χ0) is 12.5. The van der Waals surface area contributed by atoms with E-state index in [9.17, 15) is 4.79 Å². The van der Waals surface area contributed by atoms with Gasteiger partial charge in [0.15, 0.2) is 11.9 Å². The molecular weight excluding hydrogens is 234 g/mol. The first-order chi connectivity index (χ1) is 8.75. The van der Waals surface area contributed by atoms with Gasteiger partial charge in [-0.05, 0) is 12.2 Å².